The van der Waals surface area contributed by atoms with Crippen LogP contribution >= 0.6 is 11.6 Å². The lowest BCUT2D eigenvalue weighted by Gasteiger charge is -2.21. The van der Waals surface area contributed by atoms with Crippen LogP contribution in [0.25, 0.3) is 0 Å². The molecule has 1 aromatic rings. The van der Waals surface area contributed by atoms with Gasteiger partial charge in [0.2, 0.25) is 0 Å². The van der Waals surface area contributed by atoms with Crippen LogP contribution in [0.4, 0.5) is 0 Å². The molecule has 0 N–H and O–H groups in total. The molecule has 1 aliphatic rings. The quantitative estimate of drug-likeness (QED) is 0.760. The summed E-state index contributed by atoms with van der Waals surface area (Å²) in [5.41, 5.74) is 1.83. The molecule has 0 aromatic heterocycles. The fraction of sp³-hybridized carbons (Fsp3) is 0.588. The van der Waals surface area contributed by atoms with Crippen molar-refractivity contribution in [2.45, 2.75) is 39.0 Å². The van der Waals surface area contributed by atoms with Crippen LogP contribution in [0.1, 0.15) is 49.0 Å². The number of hydrogen-bond acceptors (Lipinski definition) is 1. The highest BCUT2D eigenvalue weighted by Gasteiger charge is 2.22. The molecule has 1 atom stereocenters. The van der Waals surface area contributed by atoms with Crippen molar-refractivity contribution in [3.8, 4) is 0 Å². The Morgan fingerprint density at radius 2 is 1.95 bits per heavy atom. The Kier molecular flexibility index (Phi) is 5.47. The fourth-order valence-corrected chi connectivity index (χ4v) is 3.09. The van der Waals surface area contributed by atoms with Crippen molar-refractivity contribution in [2.75, 3.05) is 13.1 Å². The normalized spacial score (nSPS) is 20.0. The van der Waals surface area contributed by atoms with Crippen molar-refractivity contribution < 1.29 is 4.79 Å². The molecule has 110 valence electrons. The summed E-state index contributed by atoms with van der Waals surface area (Å²) in [5, 5.41) is 0. The standard InChI is InChI=1S/C17H24ClNO/c1-13(2)15-4-3-10-19(11-9-15)17(20)16-7-5-14(12-18)6-8-16/h5-8,13,15H,3-4,9-12H2,1-2H3. The zero-order valence-electron chi connectivity index (χ0n) is 12.4. The first-order valence-electron chi connectivity index (χ1n) is 7.56. The second-order valence-electron chi connectivity index (χ2n) is 6.06. The minimum Gasteiger partial charge on any atom is -0.339 e. The van der Waals surface area contributed by atoms with Crippen LogP contribution in [0, 0.1) is 11.8 Å². The number of amides is 1. The van der Waals surface area contributed by atoms with E-state index in [-0.39, 0.29) is 5.91 Å². The van der Waals surface area contributed by atoms with Gasteiger partial charge in [0.15, 0.2) is 0 Å². The van der Waals surface area contributed by atoms with Crippen molar-refractivity contribution in [1.29, 1.82) is 0 Å². The van der Waals surface area contributed by atoms with Crippen molar-refractivity contribution in [2.24, 2.45) is 11.8 Å². The smallest absolute Gasteiger partial charge is 0.253 e. The van der Waals surface area contributed by atoms with Crippen LogP contribution in [0.15, 0.2) is 24.3 Å². The Hall–Kier alpha value is -1.02. The lowest BCUT2D eigenvalue weighted by atomic mass is 9.89. The van der Waals surface area contributed by atoms with Gasteiger partial charge in [-0.2, -0.15) is 0 Å². The molecule has 1 aliphatic heterocycles. The minimum absolute atomic E-state index is 0.163. The Morgan fingerprint density at radius 1 is 1.25 bits per heavy atom. The molecule has 3 heteroatoms. The van der Waals surface area contributed by atoms with E-state index in [4.69, 9.17) is 11.6 Å². The van der Waals surface area contributed by atoms with Gasteiger partial charge >= 0.3 is 0 Å². The van der Waals surface area contributed by atoms with E-state index in [0.29, 0.717) is 11.8 Å². The molecule has 0 bridgehead atoms. The predicted octanol–water partition coefficient (Wildman–Crippen LogP) is 4.32. The average molecular weight is 294 g/mol. The van der Waals surface area contributed by atoms with Gasteiger partial charge in [0, 0.05) is 24.5 Å². The first-order chi connectivity index (χ1) is 9.61. The highest BCUT2D eigenvalue weighted by Crippen LogP contribution is 2.25. The van der Waals surface area contributed by atoms with Gasteiger partial charge in [-0.15, -0.1) is 11.6 Å². The Labute approximate surface area is 127 Å². The van der Waals surface area contributed by atoms with Crippen LogP contribution in [0.5, 0.6) is 0 Å². The maximum Gasteiger partial charge on any atom is 0.253 e. The van der Waals surface area contributed by atoms with Gasteiger partial charge < -0.3 is 4.90 Å². The van der Waals surface area contributed by atoms with E-state index in [1.807, 2.05) is 29.2 Å². The first kappa shape index (κ1) is 15.4. The maximum absolute atomic E-state index is 12.5. The number of halogens is 1. The molecule has 1 fully saturated rings. The highest BCUT2D eigenvalue weighted by molar-refractivity contribution is 6.17. The minimum atomic E-state index is 0.163. The van der Waals surface area contributed by atoms with Gasteiger partial charge in [-0.1, -0.05) is 26.0 Å². The molecule has 1 amide bonds. The summed E-state index contributed by atoms with van der Waals surface area (Å²) < 4.78 is 0. The summed E-state index contributed by atoms with van der Waals surface area (Å²) in [4.78, 5) is 14.5. The molecule has 2 nitrogen and oxygen atoms in total. The van der Waals surface area contributed by atoms with Crippen molar-refractivity contribution in [3.63, 3.8) is 0 Å². The van der Waals surface area contributed by atoms with Gasteiger partial charge in [0.1, 0.15) is 0 Å². The van der Waals surface area contributed by atoms with Crippen LogP contribution in [0.2, 0.25) is 0 Å². The summed E-state index contributed by atoms with van der Waals surface area (Å²) in [6, 6.07) is 7.67. The van der Waals surface area contributed by atoms with Gasteiger partial charge in [-0.05, 0) is 48.8 Å². The number of likely N-dealkylation sites (tertiary alicyclic amines) is 1. The molecule has 1 aromatic carbocycles. The molecule has 0 spiro atoms. The lowest BCUT2D eigenvalue weighted by Crippen LogP contribution is -2.32. The molecule has 0 saturated carbocycles. The number of carbonyl (C=O) groups is 1. The summed E-state index contributed by atoms with van der Waals surface area (Å²) in [5.74, 6) is 2.13. The van der Waals surface area contributed by atoms with Crippen LogP contribution in [0.3, 0.4) is 0 Å². The molecule has 1 saturated heterocycles. The van der Waals surface area contributed by atoms with Crippen LogP contribution in [-0.4, -0.2) is 23.9 Å². The molecule has 0 radical (unpaired) electrons. The van der Waals surface area contributed by atoms with Crippen molar-refractivity contribution >= 4 is 17.5 Å². The van der Waals surface area contributed by atoms with E-state index < -0.39 is 0 Å². The van der Waals surface area contributed by atoms with Gasteiger partial charge in [-0.3, -0.25) is 4.79 Å². The number of hydrogen-bond donors (Lipinski definition) is 0. The lowest BCUT2D eigenvalue weighted by molar-refractivity contribution is 0.0759. The third-order valence-electron chi connectivity index (χ3n) is 4.36. The predicted molar refractivity (Wildman–Crippen MR) is 84.1 cm³/mol. The summed E-state index contributed by atoms with van der Waals surface area (Å²) in [6.45, 7) is 6.35. The van der Waals surface area contributed by atoms with E-state index in [1.165, 1.54) is 6.42 Å². The van der Waals surface area contributed by atoms with Gasteiger partial charge in [-0.25, -0.2) is 0 Å². The topological polar surface area (TPSA) is 20.3 Å². The molecule has 2 rings (SSSR count). The molecule has 0 aliphatic carbocycles. The van der Waals surface area contributed by atoms with E-state index in [9.17, 15) is 4.79 Å². The number of carbonyl (C=O) groups excluding carboxylic acids is 1. The van der Waals surface area contributed by atoms with E-state index in [0.717, 1.165) is 43.0 Å². The molecule has 1 heterocycles. The van der Waals surface area contributed by atoms with Crippen molar-refractivity contribution in [3.05, 3.63) is 35.4 Å². The number of nitrogens with zero attached hydrogens (tertiary/aromatic N) is 1. The average Bonchev–Trinajstić information content (AvgIpc) is 2.72. The number of alkyl halides is 1. The molecular formula is C17H24ClNO. The SMILES string of the molecule is CC(C)C1CCCN(C(=O)c2ccc(CCl)cc2)CC1. The van der Waals surface area contributed by atoms with E-state index >= 15 is 0 Å². The Balaban J connectivity index is 2.01. The molecule has 20 heavy (non-hydrogen) atoms. The summed E-state index contributed by atoms with van der Waals surface area (Å²) >= 11 is 5.78. The van der Waals surface area contributed by atoms with Gasteiger partial charge in [0.05, 0.1) is 0 Å². The third-order valence-corrected chi connectivity index (χ3v) is 4.67. The van der Waals surface area contributed by atoms with Crippen molar-refractivity contribution in [1.82, 2.24) is 4.90 Å². The van der Waals surface area contributed by atoms with Crippen LogP contribution in [-0.2, 0) is 5.88 Å². The largest absolute Gasteiger partial charge is 0.339 e. The summed E-state index contributed by atoms with van der Waals surface area (Å²) in [6.07, 6.45) is 3.49. The number of benzene rings is 1. The fourth-order valence-electron chi connectivity index (χ4n) is 2.91. The zero-order chi connectivity index (χ0) is 14.5. The monoisotopic (exact) mass is 293 g/mol. The molecular weight excluding hydrogens is 270 g/mol. The number of rotatable bonds is 3. The Morgan fingerprint density at radius 3 is 2.55 bits per heavy atom. The highest BCUT2D eigenvalue weighted by atomic mass is 35.5. The van der Waals surface area contributed by atoms with E-state index in [1.54, 1.807) is 0 Å². The second-order valence-corrected chi connectivity index (χ2v) is 6.33. The van der Waals surface area contributed by atoms with E-state index in [2.05, 4.69) is 13.8 Å². The first-order valence-corrected chi connectivity index (χ1v) is 8.09. The molecule has 1 unspecified atom stereocenters. The second kappa shape index (κ2) is 7.12. The van der Waals surface area contributed by atoms with Gasteiger partial charge in [0.25, 0.3) is 5.91 Å². The third kappa shape index (κ3) is 3.76. The Bertz CT molecular complexity index is 441. The maximum atomic E-state index is 12.5. The summed E-state index contributed by atoms with van der Waals surface area (Å²) in [7, 11) is 0. The zero-order valence-corrected chi connectivity index (χ0v) is 13.2. The van der Waals surface area contributed by atoms with Crippen LogP contribution < -0.4 is 0 Å².